The minimum absolute atomic E-state index is 0.270. The van der Waals surface area contributed by atoms with Gasteiger partial charge in [0.15, 0.2) is 0 Å². The molecular formula is C34H32Cl3N3O3. The molecule has 0 spiro atoms. The standard InChI is InChI=1S/C34H32Cl3N3O3/c35-25-12-21(1-4-28(25)38)41-24-15-31(42-22-2-5-29(39)26(36)13-22)34(32(16-24)43-23-3-6-30(40)27(37)14-23)33-19-8-17-7-18(10-19)11-20(33)9-17/h1-6,12-20,33H,7-11,38-40H2. The zero-order valence-electron chi connectivity index (χ0n) is 23.4. The molecule has 9 heteroatoms. The first-order chi connectivity index (χ1) is 20.7. The first kappa shape index (κ1) is 28.3. The Morgan fingerprint density at radius 3 is 1.28 bits per heavy atom. The molecule has 0 radical (unpaired) electrons. The molecule has 4 aliphatic rings. The number of hydrogen-bond donors (Lipinski definition) is 3. The SMILES string of the molecule is Nc1ccc(Oc2cc(Oc3ccc(N)c(Cl)c3)c(C3C4CC5CC(C4)CC3C5)c(Oc3ccc(N)c(Cl)c3)c2)cc1Cl. The largest absolute Gasteiger partial charge is 0.457 e. The average Bonchev–Trinajstić information content (AvgIpc) is 2.95. The molecule has 4 aliphatic carbocycles. The maximum absolute atomic E-state index is 6.65. The van der Waals surface area contributed by atoms with Gasteiger partial charge < -0.3 is 31.4 Å². The van der Waals surface area contributed by atoms with E-state index < -0.39 is 0 Å². The second-order valence-electron chi connectivity index (χ2n) is 12.1. The highest BCUT2D eigenvalue weighted by atomic mass is 35.5. The van der Waals surface area contributed by atoms with E-state index in [-0.39, 0.29) is 5.92 Å². The van der Waals surface area contributed by atoms with Gasteiger partial charge in [-0.05, 0) is 98.1 Å². The quantitative estimate of drug-likeness (QED) is 0.174. The third-order valence-corrected chi connectivity index (χ3v) is 10.2. The van der Waals surface area contributed by atoms with E-state index in [1.807, 2.05) is 24.3 Å². The molecule has 43 heavy (non-hydrogen) atoms. The summed E-state index contributed by atoms with van der Waals surface area (Å²) in [5.41, 5.74) is 20.4. The van der Waals surface area contributed by atoms with Gasteiger partial charge in [0, 0.05) is 35.9 Å². The van der Waals surface area contributed by atoms with Crippen molar-refractivity contribution in [2.75, 3.05) is 17.2 Å². The Morgan fingerprint density at radius 1 is 0.488 bits per heavy atom. The Labute approximate surface area is 266 Å². The predicted molar refractivity (Wildman–Crippen MR) is 174 cm³/mol. The fourth-order valence-corrected chi connectivity index (χ4v) is 8.15. The molecule has 4 bridgehead atoms. The van der Waals surface area contributed by atoms with Crippen molar-refractivity contribution in [1.29, 1.82) is 0 Å². The van der Waals surface area contributed by atoms with Crippen LogP contribution in [0.2, 0.25) is 15.1 Å². The summed E-state index contributed by atoms with van der Waals surface area (Å²) in [7, 11) is 0. The van der Waals surface area contributed by atoms with Gasteiger partial charge in [-0.25, -0.2) is 0 Å². The van der Waals surface area contributed by atoms with Crippen LogP contribution in [0.3, 0.4) is 0 Å². The molecule has 0 aliphatic heterocycles. The molecule has 0 amide bonds. The number of halogens is 3. The first-order valence-corrected chi connectivity index (χ1v) is 15.7. The number of benzene rings is 4. The molecule has 4 aromatic carbocycles. The first-order valence-electron chi connectivity index (χ1n) is 14.6. The summed E-state index contributed by atoms with van der Waals surface area (Å²) < 4.78 is 19.6. The molecule has 6 N–H and O–H groups in total. The van der Waals surface area contributed by atoms with Gasteiger partial charge in [0.25, 0.3) is 0 Å². The molecule has 0 atom stereocenters. The third kappa shape index (κ3) is 5.64. The van der Waals surface area contributed by atoms with Crippen molar-refractivity contribution >= 4 is 51.9 Å². The summed E-state index contributed by atoms with van der Waals surface area (Å²) in [6, 6.07) is 19.6. The fourth-order valence-electron chi connectivity index (χ4n) is 7.63. The van der Waals surface area contributed by atoms with Crippen molar-refractivity contribution in [3.05, 3.63) is 87.4 Å². The van der Waals surface area contributed by atoms with E-state index in [0.29, 0.717) is 78.5 Å². The van der Waals surface area contributed by atoms with Gasteiger partial charge in [0.1, 0.15) is 34.5 Å². The van der Waals surface area contributed by atoms with Crippen molar-refractivity contribution in [2.45, 2.75) is 38.0 Å². The van der Waals surface area contributed by atoms with Crippen LogP contribution in [0, 0.1) is 23.7 Å². The molecule has 4 saturated carbocycles. The topological polar surface area (TPSA) is 106 Å². The fraction of sp³-hybridized carbons (Fsp3) is 0.294. The molecule has 4 aromatic rings. The normalized spacial score (nSPS) is 23.7. The number of ether oxygens (including phenoxy) is 3. The van der Waals surface area contributed by atoms with Crippen LogP contribution in [0.4, 0.5) is 17.1 Å². The van der Waals surface area contributed by atoms with E-state index in [9.17, 15) is 0 Å². The zero-order valence-corrected chi connectivity index (χ0v) is 25.6. The van der Waals surface area contributed by atoms with Crippen LogP contribution in [0.25, 0.3) is 0 Å². The molecule has 4 fully saturated rings. The summed E-state index contributed by atoms with van der Waals surface area (Å²) in [5.74, 6) is 6.45. The Balaban J connectivity index is 1.38. The van der Waals surface area contributed by atoms with Crippen LogP contribution in [0.5, 0.6) is 34.5 Å². The molecule has 0 aromatic heterocycles. The van der Waals surface area contributed by atoms with Crippen LogP contribution in [0.15, 0.2) is 66.7 Å². The van der Waals surface area contributed by atoms with Crippen LogP contribution in [-0.4, -0.2) is 0 Å². The number of hydrogen-bond acceptors (Lipinski definition) is 6. The summed E-state index contributed by atoms with van der Waals surface area (Å²) in [6.07, 6.45) is 6.25. The van der Waals surface area contributed by atoms with Gasteiger partial charge in [0.2, 0.25) is 0 Å². The highest BCUT2D eigenvalue weighted by molar-refractivity contribution is 6.33. The van der Waals surface area contributed by atoms with E-state index in [0.717, 1.165) is 17.4 Å². The Kier molecular flexibility index (Phi) is 7.40. The Morgan fingerprint density at radius 2 is 0.884 bits per heavy atom. The maximum atomic E-state index is 6.65. The lowest BCUT2D eigenvalue weighted by Gasteiger charge is -2.54. The average molecular weight is 637 g/mol. The van der Waals surface area contributed by atoms with Crippen molar-refractivity contribution in [2.24, 2.45) is 23.7 Å². The highest BCUT2D eigenvalue weighted by Gasteiger charge is 2.50. The van der Waals surface area contributed by atoms with Crippen LogP contribution in [0.1, 0.15) is 43.6 Å². The van der Waals surface area contributed by atoms with E-state index in [2.05, 4.69) is 0 Å². The van der Waals surface area contributed by atoms with Gasteiger partial charge in [-0.1, -0.05) is 34.8 Å². The lowest BCUT2D eigenvalue weighted by atomic mass is 9.50. The molecule has 0 heterocycles. The number of rotatable bonds is 7. The highest BCUT2D eigenvalue weighted by Crippen LogP contribution is 2.63. The number of nitrogen functional groups attached to an aromatic ring is 3. The third-order valence-electron chi connectivity index (χ3n) is 9.24. The maximum Gasteiger partial charge on any atom is 0.138 e. The van der Waals surface area contributed by atoms with Gasteiger partial charge in [0.05, 0.1) is 32.1 Å². The lowest BCUT2D eigenvalue weighted by molar-refractivity contribution is -0.00397. The van der Waals surface area contributed by atoms with E-state index in [1.54, 1.807) is 42.5 Å². The van der Waals surface area contributed by atoms with Crippen molar-refractivity contribution in [3.8, 4) is 34.5 Å². The smallest absolute Gasteiger partial charge is 0.138 e. The van der Waals surface area contributed by atoms with E-state index in [1.165, 1.54) is 32.1 Å². The molecule has 222 valence electrons. The van der Waals surface area contributed by atoms with Crippen LogP contribution < -0.4 is 31.4 Å². The van der Waals surface area contributed by atoms with Crippen molar-refractivity contribution < 1.29 is 14.2 Å². The van der Waals surface area contributed by atoms with Crippen molar-refractivity contribution in [3.63, 3.8) is 0 Å². The molecule has 6 nitrogen and oxygen atoms in total. The molecule has 0 saturated heterocycles. The molecule has 8 rings (SSSR count). The second kappa shape index (κ2) is 11.2. The Hall–Kier alpha value is -3.45. The monoisotopic (exact) mass is 635 g/mol. The van der Waals surface area contributed by atoms with Gasteiger partial charge in [-0.3, -0.25) is 0 Å². The van der Waals surface area contributed by atoms with Gasteiger partial charge in [-0.2, -0.15) is 0 Å². The summed E-state index contributed by atoms with van der Waals surface area (Å²) >= 11 is 19.1. The van der Waals surface area contributed by atoms with E-state index in [4.69, 9.17) is 66.2 Å². The van der Waals surface area contributed by atoms with Gasteiger partial charge >= 0.3 is 0 Å². The van der Waals surface area contributed by atoms with Crippen LogP contribution in [-0.2, 0) is 0 Å². The Bertz CT molecular complexity index is 1610. The zero-order chi connectivity index (χ0) is 29.8. The minimum Gasteiger partial charge on any atom is -0.457 e. The van der Waals surface area contributed by atoms with Crippen LogP contribution >= 0.6 is 34.8 Å². The summed E-state index contributed by atoms with van der Waals surface area (Å²) in [6.45, 7) is 0. The lowest BCUT2D eigenvalue weighted by Crippen LogP contribution is -2.43. The second-order valence-corrected chi connectivity index (χ2v) is 13.4. The minimum atomic E-state index is 0.270. The number of anilines is 3. The molecule has 0 unspecified atom stereocenters. The molecular weight excluding hydrogens is 605 g/mol. The summed E-state index contributed by atoms with van der Waals surface area (Å²) in [4.78, 5) is 0. The number of nitrogens with two attached hydrogens (primary N) is 3. The summed E-state index contributed by atoms with van der Waals surface area (Å²) in [5, 5.41) is 1.25. The van der Waals surface area contributed by atoms with Gasteiger partial charge in [-0.15, -0.1) is 0 Å². The predicted octanol–water partition coefficient (Wildman–Crippen LogP) is 10.3. The van der Waals surface area contributed by atoms with Crippen molar-refractivity contribution in [1.82, 2.24) is 0 Å². The van der Waals surface area contributed by atoms with E-state index >= 15 is 0 Å².